The maximum Gasteiger partial charge on any atom is 0.269 e. The van der Waals surface area contributed by atoms with E-state index in [1.165, 1.54) is 18.2 Å². The number of carbonyl (C=O) groups is 2. The first-order valence-electron chi connectivity index (χ1n) is 6.42. The first kappa shape index (κ1) is 13.2. The van der Waals surface area contributed by atoms with Crippen molar-refractivity contribution in [2.24, 2.45) is 0 Å². The summed E-state index contributed by atoms with van der Waals surface area (Å²) in [6.45, 7) is 3.39. The number of aryl methyl sites for hydroxylation is 2. The summed E-state index contributed by atoms with van der Waals surface area (Å²) in [5.41, 5.74) is 1.74. The predicted molar refractivity (Wildman–Crippen MR) is 76.8 cm³/mol. The number of rotatable bonds is 1. The molecule has 106 valence electrons. The van der Waals surface area contributed by atoms with Crippen LogP contribution in [0.3, 0.4) is 0 Å². The minimum atomic E-state index is -0.558. The molecule has 2 aromatic rings. The molecule has 0 spiro atoms. The molecule has 1 heterocycles. The number of imide groups is 1. The van der Waals surface area contributed by atoms with Crippen LogP contribution in [0, 0.1) is 13.8 Å². The molecule has 0 unspecified atom stereocenters. The van der Waals surface area contributed by atoms with Crippen molar-refractivity contribution < 1.29 is 19.8 Å². The van der Waals surface area contributed by atoms with Gasteiger partial charge < -0.3 is 10.2 Å². The fraction of sp³-hybridized carbons (Fsp3) is 0.125. The van der Waals surface area contributed by atoms with Crippen LogP contribution < -0.4 is 4.90 Å². The van der Waals surface area contributed by atoms with Crippen molar-refractivity contribution in [3.05, 3.63) is 52.6 Å². The number of amides is 2. The van der Waals surface area contributed by atoms with Crippen molar-refractivity contribution >= 4 is 17.5 Å². The van der Waals surface area contributed by atoms with Crippen molar-refractivity contribution in [1.82, 2.24) is 0 Å². The van der Waals surface area contributed by atoms with E-state index in [4.69, 9.17) is 0 Å². The monoisotopic (exact) mass is 283 g/mol. The zero-order valence-electron chi connectivity index (χ0n) is 11.5. The van der Waals surface area contributed by atoms with Crippen LogP contribution in [-0.4, -0.2) is 22.0 Å². The molecule has 0 saturated carbocycles. The quantitative estimate of drug-likeness (QED) is 0.788. The molecule has 3 rings (SSSR count). The molecule has 1 aliphatic rings. The number of phenols is 2. The second-order valence-electron chi connectivity index (χ2n) is 5.07. The van der Waals surface area contributed by atoms with Crippen LogP contribution in [0.2, 0.25) is 0 Å². The highest BCUT2D eigenvalue weighted by Gasteiger charge is 2.38. The number of aromatic hydroxyl groups is 2. The first-order valence-corrected chi connectivity index (χ1v) is 6.42. The smallest absolute Gasteiger partial charge is 0.269 e. The Kier molecular flexibility index (Phi) is 2.73. The van der Waals surface area contributed by atoms with Crippen molar-refractivity contribution in [2.45, 2.75) is 13.8 Å². The molecule has 0 aromatic heterocycles. The molecule has 2 amide bonds. The van der Waals surface area contributed by atoms with Gasteiger partial charge in [-0.1, -0.05) is 6.07 Å². The SMILES string of the molecule is Cc1cc(N2C(=O)c3cccc(O)c3C2=O)cc(C)c1O. The lowest BCUT2D eigenvalue weighted by molar-refractivity contribution is 0.0925. The van der Waals surface area contributed by atoms with Crippen LogP contribution in [0.15, 0.2) is 30.3 Å². The molecule has 0 fully saturated rings. The van der Waals surface area contributed by atoms with E-state index in [2.05, 4.69) is 0 Å². The van der Waals surface area contributed by atoms with Crippen LogP contribution in [0.5, 0.6) is 11.5 Å². The van der Waals surface area contributed by atoms with Gasteiger partial charge in [0, 0.05) is 0 Å². The molecule has 5 heteroatoms. The van der Waals surface area contributed by atoms with Gasteiger partial charge in [-0.25, -0.2) is 4.90 Å². The minimum Gasteiger partial charge on any atom is -0.507 e. The number of phenolic OH excluding ortho intramolecular Hbond substituents is 2. The number of anilines is 1. The van der Waals surface area contributed by atoms with Gasteiger partial charge in [0.1, 0.15) is 11.5 Å². The van der Waals surface area contributed by atoms with Crippen molar-refractivity contribution in [3.8, 4) is 11.5 Å². The summed E-state index contributed by atoms with van der Waals surface area (Å²) >= 11 is 0. The van der Waals surface area contributed by atoms with Crippen LogP contribution in [0.1, 0.15) is 31.8 Å². The normalized spacial score (nSPS) is 13.7. The summed E-state index contributed by atoms with van der Waals surface area (Å²) < 4.78 is 0. The number of fused-ring (bicyclic) bond motifs is 1. The first-order chi connectivity index (χ1) is 9.91. The number of benzene rings is 2. The van der Waals surface area contributed by atoms with Crippen LogP contribution in [0.4, 0.5) is 5.69 Å². The fourth-order valence-corrected chi connectivity index (χ4v) is 2.56. The zero-order valence-corrected chi connectivity index (χ0v) is 11.5. The molecule has 0 radical (unpaired) electrons. The van der Waals surface area contributed by atoms with E-state index in [9.17, 15) is 19.8 Å². The molecule has 0 aliphatic carbocycles. The lowest BCUT2D eigenvalue weighted by Gasteiger charge is -2.16. The highest BCUT2D eigenvalue weighted by atomic mass is 16.3. The van der Waals surface area contributed by atoms with Gasteiger partial charge in [0.15, 0.2) is 0 Å². The average molecular weight is 283 g/mol. The van der Waals surface area contributed by atoms with E-state index in [-0.39, 0.29) is 22.6 Å². The Morgan fingerprint density at radius 1 is 0.952 bits per heavy atom. The second kappa shape index (κ2) is 4.34. The molecule has 1 aliphatic heterocycles. The molecular formula is C16H13NO4. The molecule has 5 nitrogen and oxygen atoms in total. The summed E-state index contributed by atoms with van der Waals surface area (Å²) in [5, 5.41) is 19.6. The Morgan fingerprint density at radius 3 is 2.14 bits per heavy atom. The number of hydrogen-bond acceptors (Lipinski definition) is 4. The third kappa shape index (κ3) is 1.78. The number of nitrogens with zero attached hydrogens (tertiary/aromatic N) is 1. The molecule has 0 saturated heterocycles. The Hall–Kier alpha value is -2.82. The van der Waals surface area contributed by atoms with E-state index in [0.29, 0.717) is 16.8 Å². The molecule has 2 aromatic carbocycles. The summed E-state index contributed by atoms with van der Waals surface area (Å²) in [6, 6.07) is 7.55. The largest absolute Gasteiger partial charge is 0.507 e. The van der Waals surface area contributed by atoms with Gasteiger partial charge in [-0.15, -0.1) is 0 Å². The maximum absolute atomic E-state index is 12.4. The zero-order chi connectivity index (χ0) is 15.3. The maximum atomic E-state index is 12.4. The van der Waals surface area contributed by atoms with E-state index < -0.39 is 11.8 Å². The summed E-state index contributed by atoms with van der Waals surface area (Å²) in [4.78, 5) is 25.8. The average Bonchev–Trinajstić information content (AvgIpc) is 2.69. The van der Waals surface area contributed by atoms with E-state index in [1.54, 1.807) is 26.0 Å². The van der Waals surface area contributed by atoms with Crippen LogP contribution in [-0.2, 0) is 0 Å². The van der Waals surface area contributed by atoms with Gasteiger partial charge in [0.2, 0.25) is 0 Å². The van der Waals surface area contributed by atoms with E-state index in [1.807, 2.05) is 0 Å². The minimum absolute atomic E-state index is 0.0193. The molecular weight excluding hydrogens is 270 g/mol. The third-order valence-electron chi connectivity index (χ3n) is 3.63. The van der Waals surface area contributed by atoms with Crippen molar-refractivity contribution in [1.29, 1.82) is 0 Å². The molecule has 2 N–H and O–H groups in total. The summed E-state index contributed by atoms with van der Waals surface area (Å²) in [6.07, 6.45) is 0. The highest BCUT2D eigenvalue weighted by molar-refractivity contribution is 6.35. The predicted octanol–water partition coefficient (Wildman–Crippen LogP) is 2.52. The van der Waals surface area contributed by atoms with Gasteiger partial charge in [-0.3, -0.25) is 9.59 Å². The Labute approximate surface area is 121 Å². The van der Waals surface area contributed by atoms with Gasteiger partial charge in [-0.2, -0.15) is 0 Å². The fourth-order valence-electron chi connectivity index (χ4n) is 2.56. The number of carbonyl (C=O) groups excluding carboxylic acids is 2. The van der Waals surface area contributed by atoms with Gasteiger partial charge in [0.05, 0.1) is 16.8 Å². The van der Waals surface area contributed by atoms with Crippen LogP contribution >= 0.6 is 0 Å². The van der Waals surface area contributed by atoms with E-state index >= 15 is 0 Å². The highest BCUT2D eigenvalue weighted by Crippen LogP contribution is 2.35. The molecule has 21 heavy (non-hydrogen) atoms. The van der Waals surface area contributed by atoms with Gasteiger partial charge >= 0.3 is 0 Å². The summed E-state index contributed by atoms with van der Waals surface area (Å²) in [7, 11) is 0. The standard InChI is InChI=1S/C16H13NO4/c1-8-6-10(7-9(2)14(8)19)17-15(20)11-4-3-5-12(18)13(11)16(17)21/h3-7,18-19H,1-2H3. The summed E-state index contributed by atoms with van der Waals surface area (Å²) in [5.74, 6) is -1.10. The number of hydrogen-bond donors (Lipinski definition) is 2. The molecule has 0 atom stereocenters. The Morgan fingerprint density at radius 2 is 1.57 bits per heavy atom. The van der Waals surface area contributed by atoms with Gasteiger partial charge in [-0.05, 0) is 49.2 Å². The van der Waals surface area contributed by atoms with E-state index in [0.717, 1.165) is 4.90 Å². The Balaban J connectivity index is 2.17. The Bertz CT molecular complexity index is 772. The lowest BCUT2D eigenvalue weighted by atomic mass is 10.1. The van der Waals surface area contributed by atoms with Crippen molar-refractivity contribution in [2.75, 3.05) is 4.90 Å². The third-order valence-corrected chi connectivity index (χ3v) is 3.63. The van der Waals surface area contributed by atoms with Crippen molar-refractivity contribution in [3.63, 3.8) is 0 Å². The topological polar surface area (TPSA) is 77.8 Å². The lowest BCUT2D eigenvalue weighted by Crippen LogP contribution is -2.29. The second-order valence-corrected chi connectivity index (χ2v) is 5.07. The van der Waals surface area contributed by atoms with Crippen LogP contribution in [0.25, 0.3) is 0 Å². The van der Waals surface area contributed by atoms with Gasteiger partial charge in [0.25, 0.3) is 11.8 Å². The molecule has 0 bridgehead atoms.